The van der Waals surface area contributed by atoms with E-state index in [-0.39, 0.29) is 12.4 Å². The number of carbonyl (C=O) groups excluding carboxylic acids is 1. The topological polar surface area (TPSA) is 78.0 Å². The molecule has 7 nitrogen and oxygen atoms in total. The van der Waals surface area contributed by atoms with Crippen LogP contribution in [0.2, 0.25) is 10.0 Å². The van der Waals surface area contributed by atoms with Gasteiger partial charge in [-0.2, -0.15) is 5.10 Å². The fourth-order valence-corrected chi connectivity index (χ4v) is 5.35. The number of furan rings is 1. The Hall–Kier alpha value is -3.98. The molecule has 0 aliphatic heterocycles. The molecule has 0 saturated heterocycles. The molecule has 0 radical (unpaired) electrons. The van der Waals surface area contributed by atoms with Crippen molar-refractivity contribution in [3.05, 3.63) is 133 Å². The highest BCUT2D eigenvalue weighted by Crippen LogP contribution is 2.32. The molecule has 0 bridgehead atoms. The lowest BCUT2D eigenvalue weighted by Crippen LogP contribution is -2.17. The maximum absolute atomic E-state index is 12.6. The highest BCUT2D eigenvalue weighted by Gasteiger charge is 2.13. The summed E-state index contributed by atoms with van der Waals surface area (Å²) in [6, 6.07) is 26.0. The Labute approximate surface area is 261 Å². The number of amides is 1. The maximum atomic E-state index is 12.6. The van der Waals surface area contributed by atoms with E-state index < -0.39 is 5.91 Å². The van der Waals surface area contributed by atoms with E-state index in [9.17, 15) is 4.79 Å². The monoisotopic (exact) mass is 665 g/mol. The van der Waals surface area contributed by atoms with Crippen LogP contribution in [0.15, 0.2) is 98.9 Å². The van der Waals surface area contributed by atoms with Gasteiger partial charge in [-0.25, -0.2) is 5.43 Å². The van der Waals surface area contributed by atoms with E-state index in [0.29, 0.717) is 43.9 Å². The minimum absolute atomic E-state index is 0.103. The summed E-state index contributed by atoms with van der Waals surface area (Å²) < 4.78 is 20.3. The second-order valence-corrected chi connectivity index (χ2v) is 11.1. The van der Waals surface area contributed by atoms with E-state index in [0.717, 1.165) is 22.6 Å². The van der Waals surface area contributed by atoms with Crippen molar-refractivity contribution >= 4 is 51.3 Å². The van der Waals surface area contributed by atoms with Crippen molar-refractivity contribution in [3.63, 3.8) is 0 Å². The third-order valence-corrected chi connectivity index (χ3v) is 7.40. The van der Waals surface area contributed by atoms with Gasteiger partial charge in [-0.15, -0.1) is 0 Å². The third-order valence-electron chi connectivity index (χ3n) is 6.34. The fourth-order valence-electron chi connectivity index (χ4n) is 4.28. The molecule has 0 spiro atoms. The van der Waals surface area contributed by atoms with E-state index in [2.05, 4.69) is 57.0 Å². The lowest BCUT2D eigenvalue weighted by molar-refractivity contribution is 0.0923. The van der Waals surface area contributed by atoms with Crippen LogP contribution in [0.4, 0.5) is 0 Å². The molecule has 2 aromatic heterocycles. The molecule has 5 aromatic rings. The molecule has 214 valence electrons. The molecule has 0 atom stereocenters. The Kier molecular flexibility index (Phi) is 9.37. The summed E-state index contributed by atoms with van der Waals surface area (Å²) in [6.45, 7) is 4.61. The smallest absolute Gasteiger partial charge is 0.307 e. The zero-order valence-electron chi connectivity index (χ0n) is 22.7. The number of halogens is 3. The Bertz CT molecular complexity index is 1710. The summed E-state index contributed by atoms with van der Waals surface area (Å²) in [5.41, 5.74) is 7.37. The van der Waals surface area contributed by atoms with Crippen LogP contribution in [-0.2, 0) is 13.2 Å². The highest BCUT2D eigenvalue weighted by atomic mass is 79.9. The van der Waals surface area contributed by atoms with Crippen molar-refractivity contribution in [2.24, 2.45) is 5.10 Å². The Balaban J connectivity index is 1.17. The molecule has 42 heavy (non-hydrogen) atoms. The number of ether oxygens (including phenoxy) is 2. The van der Waals surface area contributed by atoms with Gasteiger partial charge in [-0.05, 0) is 108 Å². The van der Waals surface area contributed by atoms with E-state index in [1.807, 2.05) is 36.4 Å². The molecule has 0 saturated carbocycles. The molecule has 0 unspecified atom stereocenters. The Morgan fingerprint density at radius 3 is 2.33 bits per heavy atom. The predicted molar refractivity (Wildman–Crippen MR) is 168 cm³/mol. The van der Waals surface area contributed by atoms with Crippen molar-refractivity contribution in [1.29, 1.82) is 0 Å². The van der Waals surface area contributed by atoms with Crippen LogP contribution in [0, 0.1) is 13.8 Å². The van der Waals surface area contributed by atoms with Crippen LogP contribution in [0.3, 0.4) is 0 Å². The first-order chi connectivity index (χ1) is 20.3. The van der Waals surface area contributed by atoms with Crippen molar-refractivity contribution in [1.82, 2.24) is 9.99 Å². The van der Waals surface area contributed by atoms with Gasteiger partial charge in [0.15, 0.2) is 5.76 Å². The summed E-state index contributed by atoms with van der Waals surface area (Å²) in [6.07, 6.45) is 1.46. The average Bonchev–Trinajstić information content (AvgIpc) is 3.58. The normalized spacial score (nSPS) is 11.2. The SMILES string of the molecule is Cc1ccc(C)n1-c1ccc(OCc2ccc(C(=O)N/N=C/c3cc(Cl)cc(Br)c3OCc3ccc(Cl)cc3)o2)cc1. The fraction of sp³-hybridized carbons (Fsp3) is 0.125. The van der Waals surface area contributed by atoms with Crippen molar-refractivity contribution in [2.45, 2.75) is 27.1 Å². The van der Waals surface area contributed by atoms with Crippen LogP contribution in [0.25, 0.3) is 5.69 Å². The standard InChI is InChI=1S/C32H26BrCl2N3O4/c1-20-3-4-21(2)38(20)26-9-11-27(12-10-26)40-19-28-13-14-30(42-28)32(39)37-36-17-23-15-25(35)16-29(33)31(23)41-18-22-5-7-24(34)8-6-22/h3-17H,18-19H2,1-2H3,(H,37,39)/b36-17+. The maximum Gasteiger partial charge on any atom is 0.307 e. The molecule has 3 aromatic carbocycles. The number of rotatable bonds is 10. The van der Waals surface area contributed by atoms with Gasteiger partial charge in [0.25, 0.3) is 0 Å². The number of hydrazone groups is 1. The summed E-state index contributed by atoms with van der Waals surface area (Å²) in [5.74, 6) is 1.31. The van der Waals surface area contributed by atoms with Crippen LogP contribution in [0.1, 0.15) is 38.8 Å². The second kappa shape index (κ2) is 13.3. The molecule has 1 amide bonds. The van der Waals surface area contributed by atoms with E-state index >= 15 is 0 Å². The summed E-state index contributed by atoms with van der Waals surface area (Å²) >= 11 is 15.7. The summed E-state index contributed by atoms with van der Waals surface area (Å²) in [5, 5.41) is 5.21. The van der Waals surface area contributed by atoms with Gasteiger partial charge in [0.2, 0.25) is 0 Å². The molecule has 2 heterocycles. The van der Waals surface area contributed by atoms with Crippen molar-refractivity contribution in [3.8, 4) is 17.2 Å². The minimum Gasteiger partial charge on any atom is -0.487 e. The minimum atomic E-state index is -0.510. The van der Waals surface area contributed by atoms with Gasteiger partial charge in [-0.1, -0.05) is 35.3 Å². The second-order valence-electron chi connectivity index (χ2n) is 9.42. The van der Waals surface area contributed by atoms with Crippen LogP contribution in [0.5, 0.6) is 11.5 Å². The number of carbonyl (C=O) groups is 1. The van der Waals surface area contributed by atoms with Gasteiger partial charge in [0.05, 0.1) is 10.7 Å². The van der Waals surface area contributed by atoms with Gasteiger partial charge in [0, 0.05) is 32.7 Å². The first-order valence-electron chi connectivity index (χ1n) is 12.9. The van der Waals surface area contributed by atoms with Gasteiger partial charge < -0.3 is 18.5 Å². The Morgan fingerprint density at radius 2 is 1.62 bits per heavy atom. The molecule has 0 aliphatic carbocycles. The number of benzene rings is 3. The number of hydrogen-bond donors (Lipinski definition) is 1. The van der Waals surface area contributed by atoms with Gasteiger partial charge in [-0.3, -0.25) is 4.79 Å². The molecule has 0 aliphatic rings. The molecule has 0 fully saturated rings. The third kappa shape index (κ3) is 7.26. The highest BCUT2D eigenvalue weighted by molar-refractivity contribution is 9.10. The number of aryl methyl sites for hydroxylation is 2. The quantitative estimate of drug-likeness (QED) is 0.120. The lowest BCUT2D eigenvalue weighted by atomic mass is 10.2. The first kappa shape index (κ1) is 29.5. The van der Waals surface area contributed by atoms with E-state index in [1.54, 1.807) is 36.4 Å². The summed E-state index contributed by atoms with van der Waals surface area (Å²) in [7, 11) is 0. The van der Waals surface area contributed by atoms with Crippen LogP contribution < -0.4 is 14.9 Å². The van der Waals surface area contributed by atoms with E-state index in [4.69, 9.17) is 37.1 Å². The van der Waals surface area contributed by atoms with E-state index in [1.165, 1.54) is 6.21 Å². The van der Waals surface area contributed by atoms with Crippen molar-refractivity contribution in [2.75, 3.05) is 0 Å². The predicted octanol–water partition coefficient (Wildman–Crippen LogP) is 8.68. The van der Waals surface area contributed by atoms with Gasteiger partial charge >= 0.3 is 5.91 Å². The number of nitrogens with zero attached hydrogens (tertiary/aromatic N) is 2. The Morgan fingerprint density at radius 1 is 0.905 bits per heavy atom. The molecule has 5 rings (SSSR count). The van der Waals surface area contributed by atoms with Gasteiger partial charge in [0.1, 0.15) is 30.5 Å². The zero-order valence-corrected chi connectivity index (χ0v) is 25.8. The lowest BCUT2D eigenvalue weighted by Gasteiger charge is -2.12. The molecule has 1 N–H and O–H groups in total. The average molecular weight is 667 g/mol. The number of hydrogen-bond acceptors (Lipinski definition) is 5. The van der Waals surface area contributed by atoms with Crippen molar-refractivity contribution < 1.29 is 18.7 Å². The molecular formula is C32H26BrCl2N3O4. The van der Waals surface area contributed by atoms with Crippen LogP contribution >= 0.6 is 39.1 Å². The van der Waals surface area contributed by atoms with Crippen LogP contribution in [-0.4, -0.2) is 16.7 Å². The molecule has 10 heteroatoms. The first-order valence-corrected chi connectivity index (χ1v) is 14.5. The molecular weight excluding hydrogens is 641 g/mol. The largest absolute Gasteiger partial charge is 0.487 e. The summed E-state index contributed by atoms with van der Waals surface area (Å²) in [4.78, 5) is 12.6. The number of nitrogens with one attached hydrogen (secondary N) is 1. The zero-order chi connectivity index (χ0) is 29.6. The number of aromatic nitrogens is 1.